The second kappa shape index (κ2) is 9.40. The highest BCUT2D eigenvalue weighted by molar-refractivity contribution is 6.30. The predicted octanol–water partition coefficient (Wildman–Crippen LogP) is 3.37. The summed E-state index contributed by atoms with van der Waals surface area (Å²) in [5.41, 5.74) is 1.67. The predicted molar refractivity (Wildman–Crippen MR) is 105 cm³/mol. The van der Waals surface area contributed by atoms with Crippen molar-refractivity contribution in [1.82, 2.24) is 10.2 Å². The zero-order valence-corrected chi connectivity index (χ0v) is 15.8. The van der Waals surface area contributed by atoms with Gasteiger partial charge in [0.2, 0.25) is 0 Å². The second-order valence-electron chi connectivity index (χ2n) is 6.64. The van der Waals surface area contributed by atoms with Crippen molar-refractivity contribution in [3.8, 4) is 11.8 Å². The van der Waals surface area contributed by atoms with Gasteiger partial charge in [-0.1, -0.05) is 35.9 Å². The van der Waals surface area contributed by atoms with Crippen molar-refractivity contribution < 1.29 is 9.53 Å². The number of ether oxygens (including phenoxy) is 1. The number of hydrogen-bond acceptors (Lipinski definition) is 4. The molecule has 0 saturated carbocycles. The van der Waals surface area contributed by atoms with Gasteiger partial charge in [0.05, 0.1) is 5.56 Å². The molecule has 1 fully saturated rings. The number of amides is 1. The Morgan fingerprint density at radius 1 is 1.19 bits per heavy atom. The fraction of sp³-hybridized carbons (Fsp3) is 0.333. The number of carbonyl (C=O) groups excluding carboxylic acids is 1. The molecule has 0 spiro atoms. The fourth-order valence-corrected chi connectivity index (χ4v) is 3.31. The summed E-state index contributed by atoms with van der Waals surface area (Å²) in [6, 6.07) is 17.1. The van der Waals surface area contributed by atoms with Crippen LogP contribution in [0, 0.1) is 11.3 Å². The maximum absolute atomic E-state index is 12.1. The lowest BCUT2D eigenvalue weighted by molar-refractivity contribution is -0.124. The van der Waals surface area contributed by atoms with E-state index in [1.54, 1.807) is 24.3 Å². The summed E-state index contributed by atoms with van der Waals surface area (Å²) in [6.45, 7) is 2.69. The lowest BCUT2D eigenvalue weighted by Crippen LogP contribution is -2.45. The molecule has 3 rings (SSSR count). The summed E-state index contributed by atoms with van der Waals surface area (Å²) in [5.74, 6) is 0.284. The maximum atomic E-state index is 12.1. The van der Waals surface area contributed by atoms with Gasteiger partial charge >= 0.3 is 0 Å². The Hall–Kier alpha value is -2.55. The summed E-state index contributed by atoms with van der Waals surface area (Å²) in [7, 11) is 0. The third-order valence-corrected chi connectivity index (χ3v) is 4.89. The minimum Gasteiger partial charge on any atom is -0.482 e. The number of carbonyl (C=O) groups is 1. The first-order chi connectivity index (χ1) is 13.1. The Morgan fingerprint density at radius 2 is 1.89 bits per heavy atom. The highest BCUT2D eigenvalue weighted by Crippen LogP contribution is 2.17. The Kier molecular flexibility index (Phi) is 6.69. The molecule has 0 unspecified atom stereocenters. The molecule has 1 saturated heterocycles. The molecule has 1 aliphatic heterocycles. The topological polar surface area (TPSA) is 65.4 Å². The number of nitrogens with one attached hydrogen (secondary N) is 1. The third kappa shape index (κ3) is 5.72. The van der Waals surface area contributed by atoms with E-state index in [9.17, 15) is 4.79 Å². The van der Waals surface area contributed by atoms with E-state index in [1.807, 2.05) is 24.3 Å². The van der Waals surface area contributed by atoms with Gasteiger partial charge in [-0.25, -0.2) is 0 Å². The first kappa shape index (κ1) is 19.2. The zero-order chi connectivity index (χ0) is 19.1. The fourth-order valence-electron chi connectivity index (χ4n) is 3.18. The summed E-state index contributed by atoms with van der Waals surface area (Å²) >= 11 is 5.92. The third-order valence-electron chi connectivity index (χ3n) is 4.64. The number of halogens is 1. The van der Waals surface area contributed by atoms with Crippen molar-refractivity contribution in [2.45, 2.75) is 25.4 Å². The van der Waals surface area contributed by atoms with E-state index in [2.05, 4.69) is 16.3 Å². The molecule has 2 aromatic carbocycles. The minimum atomic E-state index is -0.154. The summed E-state index contributed by atoms with van der Waals surface area (Å²) in [4.78, 5) is 14.5. The van der Waals surface area contributed by atoms with Gasteiger partial charge in [0.15, 0.2) is 6.61 Å². The van der Waals surface area contributed by atoms with Crippen LogP contribution in [0.4, 0.5) is 0 Å². The molecular formula is C21H22ClN3O2. The normalized spacial score (nSPS) is 15.1. The number of piperidine rings is 1. The molecule has 1 N–H and O–H groups in total. The Labute approximate surface area is 164 Å². The van der Waals surface area contributed by atoms with E-state index < -0.39 is 0 Å². The number of rotatable bonds is 6. The Balaban J connectivity index is 1.40. The van der Waals surface area contributed by atoms with E-state index in [4.69, 9.17) is 21.6 Å². The lowest BCUT2D eigenvalue weighted by Gasteiger charge is -2.32. The molecule has 1 amide bonds. The van der Waals surface area contributed by atoms with Gasteiger partial charge in [-0.05, 0) is 42.7 Å². The number of para-hydroxylation sites is 1. The van der Waals surface area contributed by atoms with Crippen LogP contribution >= 0.6 is 11.6 Å². The van der Waals surface area contributed by atoms with Crippen LogP contribution in [-0.4, -0.2) is 36.5 Å². The monoisotopic (exact) mass is 383 g/mol. The van der Waals surface area contributed by atoms with E-state index >= 15 is 0 Å². The highest BCUT2D eigenvalue weighted by atomic mass is 35.5. The van der Waals surface area contributed by atoms with Crippen LogP contribution in [-0.2, 0) is 11.3 Å². The van der Waals surface area contributed by atoms with E-state index in [-0.39, 0.29) is 18.6 Å². The first-order valence-corrected chi connectivity index (χ1v) is 9.40. The lowest BCUT2D eigenvalue weighted by atomic mass is 10.0. The van der Waals surface area contributed by atoms with Gasteiger partial charge < -0.3 is 10.1 Å². The van der Waals surface area contributed by atoms with Crippen molar-refractivity contribution in [1.29, 1.82) is 5.26 Å². The quantitative estimate of drug-likeness (QED) is 0.830. The summed E-state index contributed by atoms with van der Waals surface area (Å²) in [6.07, 6.45) is 1.82. The van der Waals surface area contributed by atoms with Gasteiger partial charge in [-0.2, -0.15) is 5.26 Å². The van der Waals surface area contributed by atoms with E-state index in [0.717, 1.165) is 37.5 Å². The van der Waals surface area contributed by atoms with Gasteiger partial charge in [0.25, 0.3) is 5.91 Å². The summed E-state index contributed by atoms with van der Waals surface area (Å²) < 4.78 is 5.49. The Morgan fingerprint density at radius 3 is 2.59 bits per heavy atom. The number of hydrogen-bond donors (Lipinski definition) is 1. The van der Waals surface area contributed by atoms with Crippen molar-refractivity contribution in [3.05, 3.63) is 64.7 Å². The van der Waals surface area contributed by atoms with Gasteiger partial charge in [-0.15, -0.1) is 0 Å². The van der Waals surface area contributed by atoms with Crippen molar-refractivity contribution >= 4 is 17.5 Å². The molecule has 0 atom stereocenters. The standard InChI is InChI=1S/C21H22ClN3O2/c22-18-7-5-16(6-8-18)14-25-11-9-19(10-12-25)24-21(26)15-27-20-4-2-1-3-17(20)13-23/h1-8,19H,9-12,14-15H2,(H,24,26). The number of nitrogens with zero attached hydrogens (tertiary/aromatic N) is 2. The van der Waals surface area contributed by atoms with Gasteiger partial charge in [-0.3, -0.25) is 9.69 Å². The van der Waals surface area contributed by atoms with Crippen LogP contribution < -0.4 is 10.1 Å². The average molecular weight is 384 g/mol. The molecule has 2 aromatic rings. The van der Waals surface area contributed by atoms with Crippen molar-refractivity contribution in [2.24, 2.45) is 0 Å². The smallest absolute Gasteiger partial charge is 0.258 e. The molecule has 27 heavy (non-hydrogen) atoms. The largest absolute Gasteiger partial charge is 0.482 e. The van der Waals surface area contributed by atoms with Crippen LogP contribution in [0.25, 0.3) is 0 Å². The maximum Gasteiger partial charge on any atom is 0.258 e. The Bertz CT molecular complexity index is 809. The van der Waals surface area contributed by atoms with Crippen molar-refractivity contribution in [2.75, 3.05) is 19.7 Å². The minimum absolute atomic E-state index is 0.0797. The van der Waals surface area contributed by atoms with E-state index in [0.29, 0.717) is 11.3 Å². The molecule has 0 radical (unpaired) electrons. The van der Waals surface area contributed by atoms with Gasteiger partial charge in [0, 0.05) is 30.7 Å². The number of nitriles is 1. The molecule has 5 nitrogen and oxygen atoms in total. The van der Waals surface area contributed by atoms with Crippen LogP contribution in [0.2, 0.25) is 5.02 Å². The first-order valence-electron chi connectivity index (χ1n) is 9.02. The summed E-state index contributed by atoms with van der Waals surface area (Å²) in [5, 5.41) is 12.8. The zero-order valence-electron chi connectivity index (χ0n) is 15.0. The molecule has 0 bridgehead atoms. The van der Waals surface area contributed by atoms with Crippen LogP contribution in [0.3, 0.4) is 0 Å². The van der Waals surface area contributed by atoms with E-state index in [1.165, 1.54) is 5.56 Å². The SMILES string of the molecule is N#Cc1ccccc1OCC(=O)NC1CCN(Cc2ccc(Cl)cc2)CC1. The molecular weight excluding hydrogens is 362 g/mol. The van der Waals surface area contributed by atoms with Crippen LogP contribution in [0.1, 0.15) is 24.0 Å². The molecule has 1 aliphatic rings. The second-order valence-corrected chi connectivity index (χ2v) is 7.08. The van der Waals surface area contributed by atoms with Crippen LogP contribution in [0.5, 0.6) is 5.75 Å². The highest BCUT2D eigenvalue weighted by Gasteiger charge is 2.21. The molecule has 6 heteroatoms. The molecule has 1 heterocycles. The average Bonchev–Trinajstić information content (AvgIpc) is 2.70. The van der Waals surface area contributed by atoms with Crippen molar-refractivity contribution in [3.63, 3.8) is 0 Å². The molecule has 140 valence electrons. The molecule has 0 aromatic heterocycles. The molecule has 0 aliphatic carbocycles. The number of benzene rings is 2. The van der Waals surface area contributed by atoms with Gasteiger partial charge in [0.1, 0.15) is 11.8 Å². The van der Waals surface area contributed by atoms with Crippen LogP contribution in [0.15, 0.2) is 48.5 Å². The number of likely N-dealkylation sites (tertiary alicyclic amines) is 1.